The Labute approximate surface area is 134 Å². The van der Waals surface area contributed by atoms with Crippen molar-refractivity contribution in [3.05, 3.63) is 30.4 Å². The highest BCUT2D eigenvalue weighted by Gasteiger charge is 2.23. The van der Waals surface area contributed by atoms with Gasteiger partial charge in [0.25, 0.3) is 0 Å². The molecule has 7 nitrogen and oxygen atoms in total. The Bertz CT molecular complexity index is 644. The minimum atomic E-state index is 0.107. The predicted molar refractivity (Wildman–Crippen MR) is 82.5 cm³/mol. The number of amides is 1. The minimum Gasteiger partial charge on any atom is -0.375 e. The monoisotopic (exact) mass is 316 g/mol. The molecule has 1 aliphatic heterocycles. The van der Waals surface area contributed by atoms with E-state index in [1.807, 2.05) is 17.0 Å². The van der Waals surface area contributed by atoms with Crippen molar-refractivity contribution < 1.29 is 14.1 Å². The fourth-order valence-electron chi connectivity index (χ4n) is 2.54. The maximum absolute atomic E-state index is 12.3. The molecule has 0 saturated carbocycles. The number of carbonyl (C=O) groups is 1. The van der Waals surface area contributed by atoms with Crippen LogP contribution in [0.2, 0.25) is 0 Å². The Hall–Kier alpha value is -2.28. The van der Waals surface area contributed by atoms with Crippen molar-refractivity contribution in [2.24, 2.45) is 0 Å². The second-order valence-electron chi connectivity index (χ2n) is 5.49. The lowest BCUT2D eigenvalue weighted by atomic mass is 10.2. The van der Waals surface area contributed by atoms with Crippen LogP contribution in [0.3, 0.4) is 0 Å². The molecule has 122 valence electrons. The van der Waals surface area contributed by atoms with Crippen molar-refractivity contribution in [1.29, 1.82) is 0 Å². The molecule has 0 spiro atoms. The van der Waals surface area contributed by atoms with Gasteiger partial charge >= 0.3 is 0 Å². The maximum atomic E-state index is 12.3. The normalized spacial score (nSPS) is 18.1. The Kier molecular flexibility index (Phi) is 4.97. The summed E-state index contributed by atoms with van der Waals surface area (Å²) in [6.45, 7) is 4.00. The van der Waals surface area contributed by atoms with Gasteiger partial charge in [0.2, 0.25) is 17.6 Å². The number of rotatable bonds is 5. The summed E-state index contributed by atoms with van der Waals surface area (Å²) in [4.78, 5) is 22.4. The van der Waals surface area contributed by atoms with Crippen LogP contribution in [0, 0.1) is 0 Å². The molecule has 0 radical (unpaired) electrons. The van der Waals surface area contributed by atoms with Gasteiger partial charge in [-0.2, -0.15) is 4.98 Å². The second-order valence-corrected chi connectivity index (χ2v) is 5.49. The number of nitrogens with zero attached hydrogens (tertiary/aromatic N) is 4. The lowest BCUT2D eigenvalue weighted by molar-refractivity contribution is -0.138. The summed E-state index contributed by atoms with van der Waals surface area (Å²) in [6, 6.07) is 3.64. The van der Waals surface area contributed by atoms with Crippen LogP contribution >= 0.6 is 0 Å². The number of aromatic nitrogens is 3. The van der Waals surface area contributed by atoms with Crippen LogP contribution in [-0.4, -0.2) is 51.7 Å². The molecule has 1 fully saturated rings. The van der Waals surface area contributed by atoms with Crippen LogP contribution in [-0.2, 0) is 16.0 Å². The summed E-state index contributed by atoms with van der Waals surface area (Å²) in [6.07, 6.45) is 5.24. The van der Waals surface area contributed by atoms with E-state index in [9.17, 15) is 4.79 Å². The number of pyridine rings is 1. The van der Waals surface area contributed by atoms with Crippen LogP contribution < -0.4 is 0 Å². The fraction of sp³-hybridized carbons (Fsp3) is 0.500. The van der Waals surface area contributed by atoms with E-state index in [1.54, 1.807) is 12.4 Å². The summed E-state index contributed by atoms with van der Waals surface area (Å²) in [5.74, 6) is 1.10. The topological polar surface area (TPSA) is 81.4 Å². The quantitative estimate of drug-likeness (QED) is 0.835. The van der Waals surface area contributed by atoms with Crippen LogP contribution in [0.25, 0.3) is 11.4 Å². The molecule has 23 heavy (non-hydrogen) atoms. The zero-order chi connectivity index (χ0) is 16.1. The Morgan fingerprint density at radius 2 is 2.22 bits per heavy atom. The summed E-state index contributed by atoms with van der Waals surface area (Å²) in [7, 11) is 0. The molecule has 3 rings (SSSR count). The number of carbonyl (C=O) groups excluding carboxylic acids is 1. The minimum absolute atomic E-state index is 0.107. The third-order valence-corrected chi connectivity index (χ3v) is 3.91. The van der Waals surface area contributed by atoms with Crippen molar-refractivity contribution in [2.45, 2.75) is 32.3 Å². The molecule has 0 aromatic carbocycles. The van der Waals surface area contributed by atoms with Gasteiger partial charge in [-0.1, -0.05) is 12.1 Å². The second kappa shape index (κ2) is 7.32. The van der Waals surface area contributed by atoms with E-state index in [4.69, 9.17) is 9.26 Å². The van der Waals surface area contributed by atoms with Gasteiger partial charge in [0.1, 0.15) is 0 Å². The Balaban J connectivity index is 1.54. The molecular weight excluding hydrogens is 296 g/mol. The van der Waals surface area contributed by atoms with Gasteiger partial charge in [-0.05, 0) is 18.6 Å². The van der Waals surface area contributed by atoms with Gasteiger partial charge in [-0.25, -0.2) is 0 Å². The molecule has 1 aliphatic rings. The highest BCUT2D eigenvalue weighted by molar-refractivity contribution is 5.76. The van der Waals surface area contributed by atoms with Gasteiger partial charge < -0.3 is 14.2 Å². The maximum Gasteiger partial charge on any atom is 0.227 e. The van der Waals surface area contributed by atoms with Crippen LogP contribution in [0.4, 0.5) is 0 Å². The first-order valence-corrected chi connectivity index (χ1v) is 7.88. The first-order valence-electron chi connectivity index (χ1n) is 7.88. The third-order valence-electron chi connectivity index (χ3n) is 3.91. The summed E-state index contributed by atoms with van der Waals surface area (Å²) < 4.78 is 10.8. The molecule has 1 saturated heterocycles. The fourth-order valence-corrected chi connectivity index (χ4v) is 2.54. The number of aryl methyl sites for hydroxylation is 1. The molecule has 2 aromatic rings. The number of hydrogen-bond acceptors (Lipinski definition) is 6. The van der Waals surface area contributed by atoms with Crippen LogP contribution in [0.1, 0.15) is 25.7 Å². The van der Waals surface area contributed by atoms with E-state index in [-0.39, 0.29) is 12.0 Å². The number of morpholine rings is 1. The summed E-state index contributed by atoms with van der Waals surface area (Å²) >= 11 is 0. The van der Waals surface area contributed by atoms with E-state index >= 15 is 0 Å². The largest absolute Gasteiger partial charge is 0.375 e. The van der Waals surface area contributed by atoms with Crippen molar-refractivity contribution in [1.82, 2.24) is 20.0 Å². The first-order chi connectivity index (χ1) is 11.3. The summed E-state index contributed by atoms with van der Waals surface area (Å²) in [5.41, 5.74) is 0.847. The summed E-state index contributed by atoms with van der Waals surface area (Å²) in [5, 5.41) is 3.94. The molecule has 7 heteroatoms. The molecule has 0 unspecified atom stereocenters. The SMILES string of the molecule is CC[C@@H]1CN(C(=O)CCc2nc(-c3ccncc3)no2)CCO1. The molecule has 1 amide bonds. The van der Waals surface area contributed by atoms with Crippen molar-refractivity contribution >= 4 is 5.91 Å². The lowest BCUT2D eigenvalue weighted by Gasteiger charge is -2.32. The van der Waals surface area contributed by atoms with Gasteiger partial charge in [0.15, 0.2) is 0 Å². The molecule has 3 heterocycles. The van der Waals surface area contributed by atoms with Crippen molar-refractivity contribution in [3.8, 4) is 11.4 Å². The van der Waals surface area contributed by atoms with Crippen LogP contribution in [0.15, 0.2) is 29.0 Å². The predicted octanol–water partition coefficient (Wildman–Crippen LogP) is 1.70. The Morgan fingerprint density at radius 1 is 1.39 bits per heavy atom. The van der Waals surface area contributed by atoms with Gasteiger partial charge in [0, 0.05) is 43.9 Å². The smallest absolute Gasteiger partial charge is 0.227 e. The van der Waals surface area contributed by atoms with E-state index in [0.29, 0.717) is 44.3 Å². The lowest BCUT2D eigenvalue weighted by Crippen LogP contribution is -2.45. The van der Waals surface area contributed by atoms with Gasteiger partial charge in [0.05, 0.1) is 12.7 Å². The highest BCUT2D eigenvalue weighted by Crippen LogP contribution is 2.15. The van der Waals surface area contributed by atoms with E-state index in [1.165, 1.54) is 0 Å². The highest BCUT2D eigenvalue weighted by atomic mass is 16.5. The molecule has 0 bridgehead atoms. The molecule has 2 aromatic heterocycles. The van der Waals surface area contributed by atoms with E-state index in [0.717, 1.165) is 12.0 Å². The average Bonchev–Trinajstić information content (AvgIpc) is 3.09. The van der Waals surface area contributed by atoms with E-state index in [2.05, 4.69) is 22.0 Å². The average molecular weight is 316 g/mol. The third kappa shape index (κ3) is 3.92. The van der Waals surface area contributed by atoms with Crippen molar-refractivity contribution in [3.63, 3.8) is 0 Å². The van der Waals surface area contributed by atoms with Gasteiger partial charge in [-0.3, -0.25) is 9.78 Å². The van der Waals surface area contributed by atoms with E-state index < -0.39 is 0 Å². The van der Waals surface area contributed by atoms with Crippen molar-refractivity contribution in [2.75, 3.05) is 19.7 Å². The molecule has 0 N–H and O–H groups in total. The number of ether oxygens (including phenoxy) is 1. The zero-order valence-electron chi connectivity index (χ0n) is 13.1. The van der Waals surface area contributed by atoms with Crippen LogP contribution in [0.5, 0.6) is 0 Å². The Morgan fingerprint density at radius 3 is 3.00 bits per heavy atom. The number of hydrogen-bond donors (Lipinski definition) is 0. The molecule has 1 atom stereocenters. The van der Waals surface area contributed by atoms with Gasteiger partial charge in [-0.15, -0.1) is 0 Å². The zero-order valence-corrected chi connectivity index (χ0v) is 13.1. The molecule has 0 aliphatic carbocycles. The standard InChI is InChI=1S/C16H20N4O3/c1-2-13-11-20(9-10-22-13)15(21)4-3-14-18-16(19-23-14)12-5-7-17-8-6-12/h5-8,13H,2-4,9-11H2,1H3/t13-/m1/s1. The first kappa shape index (κ1) is 15.6. The molecular formula is C16H20N4O3.